The highest BCUT2D eigenvalue weighted by Gasteiger charge is 2.05. The second-order valence-electron chi connectivity index (χ2n) is 3.79. The number of ether oxygens (including phenoxy) is 1. The smallest absolute Gasteiger partial charge is 0.335 e. The van der Waals surface area contributed by atoms with Crippen LogP contribution in [0.5, 0.6) is 11.6 Å². The van der Waals surface area contributed by atoms with Gasteiger partial charge in [0.25, 0.3) is 0 Å². The lowest BCUT2D eigenvalue weighted by Crippen LogP contribution is -1.97. The molecule has 0 radical (unpaired) electrons. The Balaban J connectivity index is 2.17. The first-order valence-corrected chi connectivity index (χ1v) is 5.65. The summed E-state index contributed by atoms with van der Waals surface area (Å²) < 4.78 is 5.49. The Morgan fingerprint density at radius 2 is 2.00 bits per heavy atom. The van der Waals surface area contributed by atoms with Crippen molar-refractivity contribution >= 4 is 5.97 Å². The van der Waals surface area contributed by atoms with Crippen molar-refractivity contribution in [1.29, 1.82) is 0 Å². The molecular weight excluding hydrogens is 230 g/mol. The minimum Gasteiger partial charge on any atom is -0.478 e. The second-order valence-corrected chi connectivity index (χ2v) is 3.79. The Labute approximate surface area is 105 Å². The van der Waals surface area contributed by atoms with Crippen LogP contribution in [-0.4, -0.2) is 16.1 Å². The standard InChI is InChI=1S/C14H13NO3/c1-2-10-3-5-12(6-4-10)18-13-9-11(14(16)17)7-8-15-13/h3-9H,2H2,1H3,(H,16,17). The van der Waals surface area contributed by atoms with E-state index in [1.807, 2.05) is 24.3 Å². The Morgan fingerprint density at radius 3 is 2.61 bits per heavy atom. The number of hydrogen-bond donors (Lipinski definition) is 1. The maximum Gasteiger partial charge on any atom is 0.335 e. The Kier molecular flexibility index (Phi) is 3.57. The third-order valence-electron chi connectivity index (χ3n) is 2.54. The summed E-state index contributed by atoms with van der Waals surface area (Å²) in [6, 6.07) is 10.4. The zero-order valence-electron chi connectivity index (χ0n) is 9.96. The van der Waals surface area contributed by atoms with Crippen molar-refractivity contribution in [2.45, 2.75) is 13.3 Å². The molecule has 0 spiro atoms. The van der Waals surface area contributed by atoms with E-state index in [0.717, 1.165) is 6.42 Å². The molecule has 0 aliphatic rings. The quantitative estimate of drug-likeness (QED) is 0.896. The lowest BCUT2D eigenvalue weighted by Gasteiger charge is -2.05. The second kappa shape index (κ2) is 5.31. The fraction of sp³-hybridized carbons (Fsp3) is 0.143. The molecule has 0 saturated carbocycles. The molecule has 0 aliphatic carbocycles. The van der Waals surface area contributed by atoms with Gasteiger partial charge < -0.3 is 9.84 Å². The summed E-state index contributed by atoms with van der Waals surface area (Å²) in [4.78, 5) is 14.8. The number of hydrogen-bond acceptors (Lipinski definition) is 3. The van der Waals surface area contributed by atoms with Crippen LogP contribution in [0.2, 0.25) is 0 Å². The van der Waals surface area contributed by atoms with Crippen LogP contribution in [0.3, 0.4) is 0 Å². The van der Waals surface area contributed by atoms with Gasteiger partial charge in [-0.3, -0.25) is 0 Å². The molecule has 1 heterocycles. The van der Waals surface area contributed by atoms with Crippen LogP contribution < -0.4 is 4.74 Å². The van der Waals surface area contributed by atoms with Gasteiger partial charge in [0.15, 0.2) is 0 Å². The first kappa shape index (κ1) is 12.1. The van der Waals surface area contributed by atoms with Crippen LogP contribution >= 0.6 is 0 Å². The maximum atomic E-state index is 10.8. The maximum absolute atomic E-state index is 10.8. The molecule has 2 aromatic rings. The van der Waals surface area contributed by atoms with Gasteiger partial charge in [-0.25, -0.2) is 9.78 Å². The van der Waals surface area contributed by atoms with E-state index in [9.17, 15) is 4.79 Å². The van der Waals surface area contributed by atoms with Crippen molar-refractivity contribution in [3.8, 4) is 11.6 Å². The predicted octanol–water partition coefficient (Wildman–Crippen LogP) is 3.13. The number of rotatable bonds is 4. The van der Waals surface area contributed by atoms with Crippen molar-refractivity contribution in [2.24, 2.45) is 0 Å². The normalized spacial score (nSPS) is 10.1. The molecule has 2 rings (SSSR count). The van der Waals surface area contributed by atoms with Gasteiger partial charge in [0.05, 0.1) is 5.56 Å². The summed E-state index contributed by atoms with van der Waals surface area (Å²) in [5, 5.41) is 8.86. The summed E-state index contributed by atoms with van der Waals surface area (Å²) in [6.45, 7) is 2.08. The van der Waals surface area contributed by atoms with Crippen LogP contribution in [0.1, 0.15) is 22.8 Å². The van der Waals surface area contributed by atoms with Crippen molar-refractivity contribution in [3.05, 3.63) is 53.7 Å². The number of nitrogens with zero attached hydrogens (tertiary/aromatic N) is 1. The molecule has 0 bridgehead atoms. The number of pyridine rings is 1. The number of carboxylic acid groups (broad SMARTS) is 1. The molecule has 18 heavy (non-hydrogen) atoms. The lowest BCUT2D eigenvalue weighted by atomic mass is 10.2. The molecular formula is C14H13NO3. The van der Waals surface area contributed by atoms with E-state index in [4.69, 9.17) is 9.84 Å². The summed E-state index contributed by atoms with van der Waals surface area (Å²) in [7, 11) is 0. The highest BCUT2D eigenvalue weighted by Crippen LogP contribution is 2.20. The van der Waals surface area contributed by atoms with Crippen LogP contribution in [0, 0.1) is 0 Å². The average Bonchev–Trinajstić information content (AvgIpc) is 2.40. The van der Waals surface area contributed by atoms with Crippen molar-refractivity contribution < 1.29 is 14.6 Å². The van der Waals surface area contributed by atoms with Crippen LogP contribution in [0.4, 0.5) is 0 Å². The molecule has 4 heteroatoms. The van der Waals surface area contributed by atoms with Gasteiger partial charge in [-0.1, -0.05) is 19.1 Å². The topological polar surface area (TPSA) is 59.4 Å². The van der Waals surface area contributed by atoms with Crippen LogP contribution in [0.15, 0.2) is 42.6 Å². The van der Waals surface area contributed by atoms with E-state index in [2.05, 4.69) is 11.9 Å². The molecule has 0 amide bonds. The monoisotopic (exact) mass is 243 g/mol. The lowest BCUT2D eigenvalue weighted by molar-refractivity contribution is 0.0696. The molecule has 4 nitrogen and oxygen atoms in total. The zero-order valence-corrected chi connectivity index (χ0v) is 9.96. The third-order valence-corrected chi connectivity index (χ3v) is 2.54. The third kappa shape index (κ3) is 2.85. The van der Waals surface area contributed by atoms with Gasteiger partial charge in [-0.05, 0) is 30.2 Å². The number of aromatic nitrogens is 1. The Bertz CT molecular complexity index is 549. The van der Waals surface area contributed by atoms with Crippen LogP contribution in [-0.2, 0) is 6.42 Å². The Morgan fingerprint density at radius 1 is 1.28 bits per heavy atom. The number of carboxylic acids is 1. The first-order valence-electron chi connectivity index (χ1n) is 5.65. The number of aryl methyl sites for hydroxylation is 1. The van der Waals surface area contributed by atoms with E-state index in [0.29, 0.717) is 5.75 Å². The molecule has 1 aromatic carbocycles. The highest BCUT2D eigenvalue weighted by atomic mass is 16.5. The fourth-order valence-electron chi connectivity index (χ4n) is 1.51. The summed E-state index contributed by atoms with van der Waals surface area (Å²) in [5.74, 6) is -0.0787. The molecule has 1 aromatic heterocycles. The average molecular weight is 243 g/mol. The van der Waals surface area contributed by atoms with Gasteiger partial charge in [0.2, 0.25) is 5.88 Å². The molecule has 92 valence electrons. The van der Waals surface area contributed by atoms with Crippen molar-refractivity contribution in [1.82, 2.24) is 4.98 Å². The molecule has 1 N–H and O–H groups in total. The van der Waals surface area contributed by atoms with Gasteiger partial charge in [-0.2, -0.15) is 0 Å². The molecule has 0 unspecified atom stereocenters. The molecule has 0 atom stereocenters. The largest absolute Gasteiger partial charge is 0.478 e. The van der Waals surface area contributed by atoms with E-state index in [-0.39, 0.29) is 11.4 Å². The SMILES string of the molecule is CCc1ccc(Oc2cc(C(=O)O)ccn2)cc1. The van der Waals surface area contributed by atoms with Crippen molar-refractivity contribution in [3.63, 3.8) is 0 Å². The van der Waals surface area contributed by atoms with E-state index < -0.39 is 5.97 Å². The Hall–Kier alpha value is -2.36. The van der Waals surface area contributed by atoms with Crippen LogP contribution in [0.25, 0.3) is 0 Å². The van der Waals surface area contributed by atoms with Gasteiger partial charge >= 0.3 is 5.97 Å². The molecule has 0 aliphatic heterocycles. The zero-order chi connectivity index (χ0) is 13.0. The van der Waals surface area contributed by atoms with Gasteiger partial charge in [0, 0.05) is 12.3 Å². The minimum atomic E-state index is -0.997. The van der Waals surface area contributed by atoms with E-state index >= 15 is 0 Å². The predicted molar refractivity (Wildman–Crippen MR) is 67.1 cm³/mol. The molecule has 0 fully saturated rings. The van der Waals surface area contributed by atoms with E-state index in [1.165, 1.54) is 23.9 Å². The number of benzene rings is 1. The fourth-order valence-corrected chi connectivity index (χ4v) is 1.51. The van der Waals surface area contributed by atoms with Gasteiger partial charge in [-0.15, -0.1) is 0 Å². The summed E-state index contributed by atoms with van der Waals surface area (Å²) >= 11 is 0. The summed E-state index contributed by atoms with van der Waals surface area (Å²) in [5.41, 5.74) is 1.37. The summed E-state index contributed by atoms with van der Waals surface area (Å²) in [6.07, 6.45) is 2.38. The van der Waals surface area contributed by atoms with E-state index in [1.54, 1.807) is 0 Å². The van der Waals surface area contributed by atoms with Crippen molar-refractivity contribution in [2.75, 3.05) is 0 Å². The first-order chi connectivity index (χ1) is 8.69. The number of aromatic carboxylic acids is 1. The highest BCUT2D eigenvalue weighted by molar-refractivity contribution is 5.87. The van der Waals surface area contributed by atoms with Gasteiger partial charge in [0.1, 0.15) is 5.75 Å². The molecule has 0 saturated heterocycles. The number of carbonyl (C=O) groups is 1. The minimum absolute atomic E-state index is 0.158.